The quantitative estimate of drug-likeness (QED) is 0.452. The van der Waals surface area contributed by atoms with Crippen LogP contribution in [0.2, 0.25) is 0 Å². The number of ether oxygens (including phenoxy) is 1. The smallest absolute Gasteiger partial charge is 0.273 e. The summed E-state index contributed by atoms with van der Waals surface area (Å²) in [5.41, 5.74) is 3.57. The Kier molecular flexibility index (Phi) is 6.22. The molecular formula is C23H22BrF2NO2. The highest BCUT2D eigenvalue weighted by molar-refractivity contribution is 9.10. The molecule has 0 aliphatic rings. The molecule has 2 aromatic carbocycles. The third-order valence-electron chi connectivity index (χ3n) is 4.84. The van der Waals surface area contributed by atoms with Crippen LogP contribution in [0.5, 0.6) is 5.75 Å². The fraction of sp³-hybridized carbons (Fsp3) is 0.261. The van der Waals surface area contributed by atoms with E-state index in [0.29, 0.717) is 17.4 Å². The van der Waals surface area contributed by atoms with Gasteiger partial charge in [-0.25, -0.2) is 8.78 Å². The van der Waals surface area contributed by atoms with E-state index in [2.05, 4.69) is 35.8 Å². The Hall–Kier alpha value is -2.47. The molecule has 0 saturated carbocycles. The van der Waals surface area contributed by atoms with Crippen LogP contribution < -0.4 is 10.3 Å². The molecule has 0 saturated heterocycles. The van der Waals surface area contributed by atoms with E-state index in [1.54, 1.807) is 10.6 Å². The van der Waals surface area contributed by atoms with Crippen molar-refractivity contribution in [1.82, 2.24) is 4.57 Å². The second kappa shape index (κ2) is 8.49. The van der Waals surface area contributed by atoms with Crippen molar-refractivity contribution in [3.63, 3.8) is 0 Å². The zero-order valence-electron chi connectivity index (χ0n) is 16.7. The molecule has 0 spiro atoms. The lowest BCUT2D eigenvalue weighted by atomic mass is 10.0. The van der Waals surface area contributed by atoms with E-state index < -0.39 is 11.6 Å². The zero-order valence-corrected chi connectivity index (χ0v) is 18.3. The monoisotopic (exact) mass is 461 g/mol. The summed E-state index contributed by atoms with van der Waals surface area (Å²) in [5.74, 6) is -0.690. The molecule has 0 fully saturated rings. The average molecular weight is 462 g/mol. The van der Waals surface area contributed by atoms with Crippen LogP contribution >= 0.6 is 15.9 Å². The highest BCUT2D eigenvalue weighted by Crippen LogP contribution is 2.27. The Balaban J connectivity index is 1.99. The van der Waals surface area contributed by atoms with Crippen molar-refractivity contribution >= 4 is 15.9 Å². The Morgan fingerprint density at radius 3 is 2.45 bits per heavy atom. The van der Waals surface area contributed by atoms with Gasteiger partial charge in [0, 0.05) is 23.4 Å². The maximum atomic E-state index is 13.8. The molecule has 0 atom stereocenters. The maximum absolute atomic E-state index is 13.8. The van der Waals surface area contributed by atoms with Crippen molar-refractivity contribution < 1.29 is 13.5 Å². The number of aromatic nitrogens is 1. The predicted octanol–water partition coefficient (Wildman–Crippen LogP) is 6.20. The highest BCUT2D eigenvalue weighted by Gasteiger charge is 2.16. The molecule has 0 N–H and O–H groups in total. The summed E-state index contributed by atoms with van der Waals surface area (Å²) in [5, 5.41) is 0. The lowest BCUT2D eigenvalue weighted by Crippen LogP contribution is -2.23. The number of halogens is 3. The zero-order chi connectivity index (χ0) is 21.3. The molecule has 0 bridgehead atoms. The van der Waals surface area contributed by atoms with Crippen molar-refractivity contribution in [2.24, 2.45) is 0 Å². The van der Waals surface area contributed by atoms with Gasteiger partial charge in [-0.1, -0.05) is 26.0 Å². The van der Waals surface area contributed by atoms with Crippen LogP contribution in [-0.4, -0.2) is 4.57 Å². The lowest BCUT2D eigenvalue weighted by Gasteiger charge is -2.18. The third-order valence-corrected chi connectivity index (χ3v) is 5.57. The molecule has 1 aromatic heterocycles. The van der Waals surface area contributed by atoms with Crippen LogP contribution in [0.1, 0.15) is 42.1 Å². The van der Waals surface area contributed by atoms with Crippen LogP contribution in [0.15, 0.2) is 51.7 Å². The first-order valence-corrected chi connectivity index (χ1v) is 10.1. The predicted molar refractivity (Wildman–Crippen MR) is 114 cm³/mol. The van der Waals surface area contributed by atoms with Gasteiger partial charge in [0.15, 0.2) is 0 Å². The van der Waals surface area contributed by atoms with Gasteiger partial charge in [0.1, 0.15) is 28.5 Å². The largest absolute Gasteiger partial charge is 0.487 e. The molecule has 0 amide bonds. The van der Waals surface area contributed by atoms with Crippen LogP contribution in [0.25, 0.3) is 5.69 Å². The van der Waals surface area contributed by atoms with Gasteiger partial charge in [0.05, 0.1) is 5.69 Å². The maximum Gasteiger partial charge on any atom is 0.273 e. The SMILES string of the molecule is Cc1ccc(C(C)C)cc1-n1c(C)cc(OCc2ccc(F)cc2F)c(Br)c1=O. The molecule has 3 aromatic rings. The van der Waals surface area contributed by atoms with Crippen LogP contribution in [0, 0.1) is 25.5 Å². The summed E-state index contributed by atoms with van der Waals surface area (Å²) < 4.78 is 34.5. The van der Waals surface area contributed by atoms with Gasteiger partial charge in [-0.3, -0.25) is 9.36 Å². The van der Waals surface area contributed by atoms with Gasteiger partial charge in [-0.15, -0.1) is 0 Å². The molecule has 0 radical (unpaired) electrons. The molecule has 3 nitrogen and oxygen atoms in total. The van der Waals surface area contributed by atoms with Gasteiger partial charge in [-0.2, -0.15) is 0 Å². The van der Waals surface area contributed by atoms with E-state index in [1.165, 1.54) is 12.1 Å². The Morgan fingerprint density at radius 1 is 1.07 bits per heavy atom. The standard InChI is InChI=1S/C23H22BrF2NO2/c1-13(2)16-6-5-14(3)20(10-16)27-15(4)9-21(22(24)23(27)28)29-12-17-7-8-18(25)11-19(17)26/h5-11,13H,12H2,1-4H3. The number of hydrogen-bond donors (Lipinski definition) is 0. The molecule has 0 unspecified atom stereocenters. The first kappa shape index (κ1) is 21.2. The van der Waals surface area contributed by atoms with Crippen molar-refractivity contribution in [2.45, 2.75) is 40.2 Å². The van der Waals surface area contributed by atoms with Crippen molar-refractivity contribution in [3.05, 3.63) is 91.3 Å². The van der Waals surface area contributed by atoms with Gasteiger partial charge in [-0.05, 0) is 65.0 Å². The summed E-state index contributed by atoms with van der Waals surface area (Å²) in [7, 11) is 0. The van der Waals surface area contributed by atoms with E-state index in [-0.39, 0.29) is 22.2 Å². The number of rotatable bonds is 5. The minimum Gasteiger partial charge on any atom is -0.487 e. The first-order chi connectivity index (χ1) is 13.7. The van der Waals surface area contributed by atoms with E-state index in [4.69, 9.17) is 4.74 Å². The normalized spacial score (nSPS) is 11.2. The second-order valence-corrected chi connectivity index (χ2v) is 8.12. The number of benzene rings is 2. The average Bonchev–Trinajstić information content (AvgIpc) is 2.66. The fourth-order valence-electron chi connectivity index (χ4n) is 3.11. The molecule has 0 aliphatic heterocycles. The van der Waals surface area contributed by atoms with Gasteiger partial charge >= 0.3 is 0 Å². The molecule has 29 heavy (non-hydrogen) atoms. The fourth-order valence-corrected chi connectivity index (χ4v) is 3.51. The minimum absolute atomic E-state index is 0.116. The second-order valence-electron chi connectivity index (χ2n) is 7.33. The molecule has 1 heterocycles. The molecule has 0 aliphatic carbocycles. The Morgan fingerprint density at radius 2 is 1.79 bits per heavy atom. The van der Waals surface area contributed by atoms with Gasteiger partial charge in [0.25, 0.3) is 5.56 Å². The molecule has 3 rings (SSSR count). The Labute approximate surface area is 177 Å². The van der Waals surface area contributed by atoms with Crippen LogP contribution in [-0.2, 0) is 6.61 Å². The topological polar surface area (TPSA) is 31.2 Å². The van der Waals surface area contributed by atoms with Crippen molar-refractivity contribution in [2.75, 3.05) is 0 Å². The van der Waals surface area contributed by atoms with E-state index in [9.17, 15) is 13.6 Å². The summed E-state index contributed by atoms with van der Waals surface area (Å²) in [4.78, 5) is 13.1. The van der Waals surface area contributed by atoms with Gasteiger partial charge < -0.3 is 4.74 Å². The summed E-state index contributed by atoms with van der Waals surface area (Å²) >= 11 is 3.33. The highest BCUT2D eigenvalue weighted by atomic mass is 79.9. The summed E-state index contributed by atoms with van der Waals surface area (Å²) in [6.07, 6.45) is 0. The summed E-state index contributed by atoms with van der Waals surface area (Å²) in [6.45, 7) is 7.87. The van der Waals surface area contributed by atoms with Crippen molar-refractivity contribution in [1.29, 1.82) is 0 Å². The number of nitrogens with zero attached hydrogens (tertiary/aromatic N) is 1. The van der Waals surface area contributed by atoms with E-state index >= 15 is 0 Å². The number of pyridine rings is 1. The number of hydrogen-bond acceptors (Lipinski definition) is 2. The van der Waals surface area contributed by atoms with Crippen LogP contribution in [0.4, 0.5) is 8.78 Å². The molecular weight excluding hydrogens is 440 g/mol. The van der Waals surface area contributed by atoms with Crippen LogP contribution in [0.3, 0.4) is 0 Å². The lowest BCUT2D eigenvalue weighted by molar-refractivity contribution is 0.296. The van der Waals surface area contributed by atoms with E-state index in [1.807, 2.05) is 26.0 Å². The molecule has 6 heteroatoms. The third kappa shape index (κ3) is 4.42. The Bertz CT molecular complexity index is 1120. The summed E-state index contributed by atoms with van der Waals surface area (Å²) in [6, 6.07) is 11.1. The van der Waals surface area contributed by atoms with E-state index in [0.717, 1.165) is 22.9 Å². The molecule has 152 valence electrons. The number of aryl methyl sites for hydroxylation is 2. The van der Waals surface area contributed by atoms with Gasteiger partial charge in [0.2, 0.25) is 0 Å². The first-order valence-electron chi connectivity index (χ1n) is 9.29. The minimum atomic E-state index is -0.688. The van der Waals surface area contributed by atoms with Crippen molar-refractivity contribution in [3.8, 4) is 11.4 Å².